The van der Waals surface area contributed by atoms with E-state index in [2.05, 4.69) is 31.3 Å². The van der Waals surface area contributed by atoms with Gasteiger partial charge in [-0.15, -0.1) is 0 Å². The maximum Gasteiger partial charge on any atom is 0.220 e. The van der Waals surface area contributed by atoms with Gasteiger partial charge in [-0.25, -0.2) is 0 Å². The number of rotatable bonds is 43. The van der Waals surface area contributed by atoms with Gasteiger partial charge in [0, 0.05) is 6.42 Å². The second-order valence-corrected chi connectivity index (χ2v) is 18.0. The van der Waals surface area contributed by atoms with Gasteiger partial charge in [-0.2, -0.15) is 0 Å². The van der Waals surface area contributed by atoms with Gasteiger partial charge in [-0.1, -0.05) is 212 Å². The largest absolute Gasteiger partial charge is 0.394 e. The van der Waals surface area contributed by atoms with E-state index >= 15 is 0 Å². The van der Waals surface area contributed by atoms with Gasteiger partial charge >= 0.3 is 0 Å². The molecule has 1 heterocycles. The SMILES string of the molecule is CCCCCCCCCC/C=C\CCCCCCCCCCCC(=O)NC(COC1OC(CO)C(O)C(O)C1O)C(O)CCCCCCCCCCCCCCCCC. The maximum absolute atomic E-state index is 13.0. The molecule has 0 radical (unpaired) electrons. The highest BCUT2D eigenvalue weighted by Gasteiger charge is 2.44. The Labute approximate surface area is 363 Å². The molecule has 1 rings (SSSR count). The van der Waals surface area contributed by atoms with Gasteiger partial charge in [0.1, 0.15) is 24.4 Å². The van der Waals surface area contributed by atoms with E-state index in [0.29, 0.717) is 12.8 Å². The van der Waals surface area contributed by atoms with E-state index in [1.54, 1.807) is 0 Å². The summed E-state index contributed by atoms with van der Waals surface area (Å²) in [6.45, 7) is 3.85. The van der Waals surface area contributed by atoms with Crippen LogP contribution in [0.5, 0.6) is 0 Å². The summed E-state index contributed by atoms with van der Waals surface area (Å²) >= 11 is 0. The van der Waals surface area contributed by atoms with Crippen LogP contribution >= 0.6 is 0 Å². The average molecular weight is 840 g/mol. The molecule has 350 valence electrons. The lowest BCUT2D eigenvalue weighted by Gasteiger charge is -2.40. The molecular formula is C50H97NO8. The van der Waals surface area contributed by atoms with E-state index < -0.39 is 49.5 Å². The van der Waals surface area contributed by atoms with Crippen LogP contribution in [0.4, 0.5) is 0 Å². The lowest BCUT2D eigenvalue weighted by molar-refractivity contribution is -0.302. The lowest BCUT2D eigenvalue weighted by Crippen LogP contribution is -2.60. The first-order valence-corrected chi connectivity index (χ1v) is 25.4. The quantitative estimate of drug-likeness (QED) is 0.0263. The zero-order valence-corrected chi connectivity index (χ0v) is 38.5. The molecule has 1 fully saturated rings. The van der Waals surface area contributed by atoms with E-state index in [-0.39, 0.29) is 12.5 Å². The summed E-state index contributed by atoms with van der Waals surface area (Å²) in [6.07, 6.45) is 40.8. The van der Waals surface area contributed by atoms with Gasteiger partial charge in [0.2, 0.25) is 5.91 Å². The minimum atomic E-state index is -1.55. The normalized spacial score (nSPS) is 20.7. The fourth-order valence-electron chi connectivity index (χ4n) is 8.27. The Hall–Kier alpha value is -1.07. The molecule has 0 aromatic heterocycles. The summed E-state index contributed by atoms with van der Waals surface area (Å²) in [5, 5.41) is 54.5. The van der Waals surface area contributed by atoms with Crippen molar-refractivity contribution in [3.8, 4) is 0 Å². The molecule has 0 aromatic rings. The summed E-state index contributed by atoms with van der Waals surface area (Å²) < 4.78 is 11.3. The fourth-order valence-corrected chi connectivity index (χ4v) is 8.27. The van der Waals surface area contributed by atoms with Gasteiger partial charge in [0.25, 0.3) is 0 Å². The highest BCUT2D eigenvalue weighted by atomic mass is 16.7. The van der Waals surface area contributed by atoms with Gasteiger partial charge in [0.15, 0.2) is 6.29 Å². The number of aliphatic hydroxyl groups is 5. The highest BCUT2D eigenvalue weighted by Crippen LogP contribution is 2.23. The molecule has 1 saturated heterocycles. The van der Waals surface area contributed by atoms with Gasteiger partial charge < -0.3 is 40.3 Å². The Bertz CT molecular complexity index is 935. The van der Waals surface area contributed by atoms with Crippen LogP contribution in [0.25, 0.3) is 0 Å². The van der Waals surface area contributed by atoms with Gasteiger partial charge in [0.05, 0.1) is 25.4 Å². The molecule has 0 bridgehead atoms. The van der Waals surface area contributed by atoms with Gasteiger partial charge in [-0.05, 0) is 38.5 Å². The topological polar surface area (TPSA) is 149 Å². The molecule has 7 unspecified atom stereocenters. The second kappa shape index (κ2) is 41.0. The summed E-state index contributed by atoms with van der Waals surface area (Å²) in [4.78, 5) is 13.0. The number of aliphatic hydroxyl groups excluding tert-OH is 5. The van der Waals surface area contributed by atoms with Crippen molar-refractivity contribution >= 4 is 5.91 Å². The first kappa shape index (κ1) is 55.9. The number of hydrogen-bond acceptors (Lipinski definition) is 8. The zero-order valence-electron chi connectivity index (χ0n) is 38.5. The van der Waals surface area contributed by atoms with Gasteiger partial charge in [-0.3, -0.25) is 4.79 Å². The van der Waals surface area contributed by atoms with Crippen molar-refractivity contribution in [2.75, 3.05) is 13.2 Å². The third kappa shape index (κ3) is 31.4. The summed E-state index contributed by atoms with van der Waals surface area (Å²) in [5.41, 5.74) is 0. The van der Waals surface area contributed by atoms with Crippen LogP contribution in [-0.4, -0.2) is 87.5 Å². The minimum Gasteiger partial charge on any atom is -0.394 e. The number of unbranched alkanes of at least 4 members (excludes halogenated alkanes) is 31. The van der Waals surface area contributed by atoms with E-state index in [4.69, 9.17) is 9.47 Å². The summed E-state index contributed by atoms with van der Waals surface area (Å²) in [5.74, 6) is -0.144. The van der Waals surface area contributed by atoms with E-state index in [1.165, 1.54) is 180 Å². The van der Waals surface area contributed by atoms with Crippen molar-refractivity contribution in [3.05, 3.63) is 12.2 Å². The van der Waals surface area contributed by atoms with Crippen molar-refractivity contribution < 1.29 is 39.8 Å². The maximum atomic E-state index is 13.0. The molecule has 0 aliphatic carbocycles. The highest BCUT2D eigenvalue weighted by molar-refractivity contribution is 5.76. The van der Waals surface area contributed by atoms with E-state index in [0.717, 1.165) is 38.5 Å². The number of nitrogens with one attached hydrogen (secondary N) is 1. The smallest absolute Gasteiger partial charge is 0.220 e. The first-order valence-electron chi connectivity index (χ1n) is 25.4. The van der Waals surface area contributed by atoms with Crippen LogP contribution in [0.1, 0.15) is 245 Å². The Balaban J connectivity index is 2.26. The van der Waals surface area contributed by atoms with Crippen LogP contribution in [0.15, 0.2) is 12.2 Å². The summed E-state index contributed by atoms with van der Waals surface area (Å²) in [7, 11) is 0. The van der Waals surface area contributed by atoms with Crippen LogP contribution in [0, 0.1) is 0 Å². The Kier molecular flexibility index (Phi) is 38.9. The molecule has 7 atom stereocenters. The van der Waals surface area contributed by atoms with Crippen molar-refractivity contribution in [2.45, 2.75) is 288 Å². The number of hydrogen-bond donors (Lipinski definition) is 6. The second-order valence-electron chi connectivity index (χ2n) is 18.0. The standard InChI is InChI=1S/C50H97NO8/c1-3-5-7-9-11-13-15-17-19-20-21-22-23-24-26-28-30-32-34-36-38-40-46(54)51-43(42-58-50-49(57)48(56)47(55)45(41-52)59-50)44(53)39-37-35-33-31-29-27-25-18-16-14-12-10-8-6-4-2/h20-21,43-45,47-50,52-53,55-57H,3-19,22-42H2,1-2H3,(H,51,54)/b21-20-. The first-order chi connectivity index (χ1) is 28.8. The number of amides is 1. The molecule has 1 aliphatic heterocycles. The number of carbonyl (C=O) groups excluding carboxylic acids is 1. The molecule has 9 heteroatoms. The van der Waals surface area contributed by atoms with E-state index in [1.807, 2.05) is 0 Å². The summed E-state index contributed by atoms with van der Waals surface area (Å²) in [6, 6.07) is -0.716. The van der Waals surface area contributed by atoms with E-state index in [9.17, 15) is 30.3 Å². The molecule has 0 saturated carbocycles. The fraction of sp³-hybridized carbons (Fsp3) is 0.940. The number of carbonyl (C=O) groups is 1. The number of allylic oxidation sites excluding steroid dienone is 2. The molecule has 0 aromatic carbocycles. The predicted molar refractivity (Wildman–Crippen MR) is 244 cm³/mol. The predicted octanol–water partition coefficient (Wildman–Crippen LogP) is 11.3. The Morgan fingerprint density at radius 2 is 0.949 bits per heavy atom. The third-order valence-electron chi connectivity index (χ3n) is 12.4. The molecule has 1 amide bonds. The van der Waals surface area contributed by atoms with Crippen LogP contribution in [0.3, 0.4) is 0 Å². The van der Waals surface area contributed by atoms with Crippen molar-refractivity contribution in [2.24, 2.45) is 0 Å². The van der Waals surface area contributed by atoms with Crippen molar-refractivity contribution in [3.63, 3.8) is 0 Å². The minimum absolute atomic E-state index is 0.135. The molecule has 9 nitrogen and oxygen atoms in total. The molecule has 6 N–H and O–H groups in total. The van der Waals surface area contributed by atoms with Crippen LogP contribution in [-0.2, 0) is 14.3 Å². The monoisotopic (exact) mass is 840 g/mol. The van der Waals surface area contributed by atoms with Crippen LogP contribution in [0.2, 0.25) is 0 Å². The molecule has 1 aliphatic rings. The van der Waals surface area contributed by atoms with Crippen LogP contribution < -0.4 is 5.32 Å². The zero-order chi connectivity index (χ0) is 43.0. The third-order valence-corrected chi connectivity index (χ3v) is 12.4. The molecular weight excluding hydrogens is 743 g/mol. The Morgan fingerprint density at radius 1 is 0.559 bits per heavy atom. The number of ether oxygens (including phenoxy) is 2. The van der Waals surface area contributed by atoms with Crippen molar-refractivity contribution in [1.82, 2.24) is 5.32 Å². The lowest BCUT2D eigenvalue weighted by atomic mass is 9.99. The molecule has 59 heavy (non-hydrogen) atoms. The Morgan fingerprint density at radius 3 is 1.37 bits per heavy atom. The van der Waals surface area contributed by atoms with Crippen molar-refractivity contribution in [1.29, 1.82) is 0 Å². The average Bonchev–Trinajstić information content (AvgIpc) is 3.23. The molecule has 0 spiro atoms.